The molecule has 0 aromatic heterocycles. The Bertz CT molecular complexity index is 864. The summed E-state index contributed by atoms with van der Waals surface area (Å²) in [7, 11) is 0. The number of ether oxygens (including phenoxy) is 2. The summed E-state index contributed by atoms with van der Waals surface area (Å²) < 4.78 is 59.6. The molecule has 0 amide bonds. The first kappa shape index (κ1) is 24.3. The summed E-state index contributed by atoms with van der Waals surface area (Å²) in [5.74, 6) is -1.56. The Morgan fingerprint density at radius 3 is 2.41 bits per heavy atom. The van der Waals surface area contributed by atoms with Crippen molar-refractivity contribution in [3.63, 3.8) is 0 Å². The summed E-state index contributed by atoms with van der Waals surface area (Å²) in [6.07, 6.45) is -8.76. The Morgan fingerprint density at radius 1 is 1.21 bits per heavy atom. The van der Waals surface area contributed by atoms with Gasteiger partial charge in [0.25, 0.3) is 0 Å². The molecule has 0 atom stereocenters. The smallest absolute Gasteiger partial charge is 0.461 e. The summed E-state index contributed by atoms with van der Waals surface area (Å²) in [5, 5.41) is 11.0. The number of benzene rings is 2. The van der Waals surface area contributed by atoms with Crippen molar-refractivity contribution in [3.8, 4) is 11.5 Å². The van der Waals surface area contributed by atoms with Crippen LogP contribution in [0.25, 0.3) is 0 Å². The van der Waals surface area contributed by atoms with E-state index in [2.05, 4.69) is 20.7 Å². The molecule has 0 N–H and O–H groups in total. The van der Waals surface area contributed by atoms with Crippen LogP contribution in [0.4, 0.5) is 23.2 Å². The minimum Gasteiger partial charge on any atom is -0.478 e. The molecule has 0 bridgehead atoms. The molecule has 0 unspecified atom stereocenters. The van der Waals surface area contributed by atoms with Crippen LogP contribution in [0.2, 0.25) is 0 Å². The molecule has 0 aliphatic rings. The average Bonchev–Trinajstić information content (AvgIpc) is 2.67. The molecule has 0 saturated heterocycles. The van der Waals surface area contributed by atoms with Crippen LogP contribution < -0.4 is 9.47 Å². The van der Waals surface area contributed by atoms with E-state index in [1.807, 2.05) is 13.8 Å². The molecule has 2 aromatic rings. The molecule has 0 saturated carbocycles. The SMILES string of the molecule is CC.O=C(COc1c(Br)cccc1[N+](=O)[O-])c1cccc(OC(F)(F)C(F)F)c1. The highest BCUT2D eigenvalue weighted by Gasteiger charge is 2.44. The number of nitro groups is 1. The highest BCUT2D eigenvalue weighted by Crippen LogP contribution is 2.35. The molecule has 0 fully saturated rings. The molecule has 0 aliphatic carbocycles. The van der Waals surface area contributed by atoms with Gasteiger partial charge in [0, 0.05) is 11.6 Å². The van der Waals surface area contributed by atoms with Gasteiger partial charge in [-0.25, -0.2) is 0 Å². The van der Waals surface area contributed by atoms with Gasteiger partial charge in [-0.3, -0.25) is 14.9 Å². The molecule has 29 heavy (non-hydrogen) atoms. The van der Waals surface area contributed by atoms with E-state index in [9.17, 15) is 32.5 Å². The number of ketones is 1. The first-order valence-corrected chi connectivity index (χ1v) is 8.95. The third-order valence-corrected chi connectivity index (χ3v) is 3.78. The summed E-state index contributed by atoms with van der Waals surface area (Å²) in [5.41, 5.74) is -0.543. The Labute approximate surface area is 171 Å². The topological polar surface area (TPSA) is 78.7 Å². The van der Waals surface area contributed by atoms with Crippen LogP contribution in [0.1, 0.15) is 24.2 Å². The highest BCUT2D eigenvalue weighted by molar-refractivity contribution is 9.10. The fourth-order valence-electron chi connectivity index (χ4n) is 1.94. The van der Waals surface area contributed by atoms with Gasteiger partial charge in [0.1, 0.15) is 5.75 Å². The molecule has 0 radical (unpaired) electrons. The Hall–Kier alpha value is -2.69. The summed E-state index contributed by atoms with van der Waals surface area (Å²) in [4.78, 5) is 22.4. The highest BCUT2D eigenvalue weighted by atomic mass is 79.9. The van der Waals surface area contributed by atoms with E-state index in [1.165, 1.54) is 24.3 Å². The second kappa shape index (κ2) is 10.7. The van der Waals surface area contributed by atoms with E-state index in [0.29, 0.717) is 0 Å². The van der Waals surface area contributed by atoms with Crippen LogP contribution in [-0.4, -0.2) is 29.8 Å². The van der Waals surface area contributed by atoms with Gasteiger partial charge < -0.3 is 9.47 Å². The molecule has 11 heteroatoms. The lowest BCUT2D eigenvalue weighted by Crippen LogP contribution is -2.33. The minimum absolute atomic E-state index is 0.160. The lowest BCUT2D eigenvalue weighted by atomic mass is 10.1. The number of hydrogen-bond acceptors (Lipinski definition) is 5. The van der Waals surface area contributed by atoms with Crippen LogP contribution in [0.3, 0.4) is 0 Å². The molecule has 0 spiro atoms. The number of hydrogen-bond donors (Lipinski definition) is 0. The van der Waals surface area contributed by atoms with Crippen molar-refractivity contribution in [2.24, 2.45) is 0 Å². The largest absolute Gasteiger partial charge is 0.478 e. The van der Waals surface area contributed by atoms with Gasteiger partial charge in [-0.15, -0.1) is 0 Å². The van der Waals surface area contributed by atoms with Gasteiger partial charge in [-0.2, -0.15) is 17.6 Å². The predicted molar refractivity (Wildman–Crippen MR) is 100.0 cm³/mol. The van der Waals surface area contributed by atoms with E-state index < -0.39 is 35.6 Å². The van der Waals surface area contributed by atoms with Gasteiger partial charge in [0.05, 0.1) is 9.40 Å². The lowest BCUT2D eigenvalue weighted by molar-refractivity contribution is -0.385. The molecule has 6 nitrogen and oxygen atoms in total. The first-order chi connectivity index (χ1) is 13.6. The predicted octanol–water partition coefficient (Wildman–Crippen LogP) is 5.88. The fraction of sp³-hybridized carbons (Fsp3) is 0.278. The normalized spacial score (nSPS) is 10.8. The summed E-state index contributed by atoms with van der Waals surface area (Å²) in [6.45, 7) is 3.35. The molecule has 2 aromatic carbocycles. The second-order valence-electron chi connectivity index (χ2n) is 5.05. The van der Waals surface area contributed by atoms with Crippen LogP contribution in [0.15, 0.2) is 46.9 Å². The van der Waals surface area contributed by atoms with Crippen LogP contribution in [0.5, 0.6) is 11.5 Å². The van der Waals surface area contributed by atoms with Crippen molar-refractivity contribution in [3.05, 3.63) is 62.6 Å². The van der Waals surface area contributed by atoms with Gasteiger partial charge in [0.2, 0.25) is 5.75 Å². The maximum absolute atomic E-state index is 12.9. The zero-order valence-electron chi connectivity index (χ0n) is 15.2. The summed E-state index contributed by atoms with van der Waals surface area (Å²) >= 11 is 3.06. The van der Waals surface area contributed by atoms with Gasteiger partial charge in [-0.05, 0) is 34.1 Å². The monoisotopic (exact) mass is 481 g/mol. The zero-order valence-corrected chi connectivity index (χ0v) is 16.8. The average molecular weight is 482 g/mol. The fourth-order valence-corrected chi connectivity index (χ4v) is 2.41. The lowest BCUT2D eigenvalue weighted by Gasteiger charge is -2.17. The minimum atomic E-state index is -4.71. The number of rotatable bonds is 8. The molecule has 0 heterocycles. The van der Waals surface area contributed by atoms with Crippen LogP contribution in [0, 0.1) is 10.1 Å². The maximum Gasteiger partial charge on any atom is 0.461 e. The van der Waals surface area contributed by atoms with Crippen molar-refractivity contribution >= 4 is 27.4 Å². The number of para-hydroxylation sites is 1. The molecule has 0 aliphatic heterocycles. The van der Waals surface area contributed by atoms with Crippen molar-refractivity contribution in [1.82, 2.24) is 0 Å². The van der Waals surface area contributed by atoms with Crippen molar-refractivity contribution in [2.45, 2.75) is 26.4 Å². The number of Topliss-reactive ketones (excluding diaryl/α,β-unsaturated/α-hetero) is 1. The standard InChI is InChI=1S/C16H10BrF4NO5.C2H6/c17-11-5-2-6-12(22(24)25)14(11)26-8-13(23)9-3-1-4-10(7-9)27-16(20,21)15(18)19;1-2/h1-7,15H,8H2;1-2H3. The molecular formula is C18H16BrF4NO5. The molecular weight excluding hydrogens is 466 g/mol. The van der Waals surface area contributed by atoms with E-state index in [-0.39, 0.29) is 21.5 Å². The Morgan fingerprint density at radius 2 is 1.83 bits per heavy atom. The van der Waals surface area contributed by atoms with Crippen molar-refractivity contribution in [2.75, 3.05) is 6.61 Å². The number of nitrogens with zero attached hydrogens (tertiary/aromatic N) is 1. The molecule has 2 rings (SSSR count). The third kappa shape index (κ3) is 6.70. The van der Waals surface area contributed by atoms with E-state index >= 15 is 0 Å². The van der Waals surface area contributed by atoms with E-state index in [4.69, 9.17) is 4.74 Å². The number of carbonyl (C=O) groups excluding carboxylic acids is 1. The number of halogens is 5. The van der Waals surface area contributed by atoms with Gasteiger partial charge in [-0.1, -0.05) is 32.0 Å². The van der Waals surface area contributed by atoms with Gasteiger partial charge >= 0.3 is 18.2 Å². The second-order valence-corrected chi connectivity index (χ2v) is 5.90. The van der Waals surface area contributed by atoms with Crippen molar-refractivity contribution < 1.29 is 36.8 Å². The Kier molecular flexibility index (Phi) is 9.02. The van der Waals surface area contributed by atoms with E-state index in [1.54, 1.807) is 0 Å². The van der Waals surface area contributed by atoms with E-state index in [0.717, 1.165) is 18.2 Å². The van der Waals surface area contributed by atoms with Gasteiger partial charge in [0.15, 0.2) is 12.4 Å². The number of nitro benzene ring substituents is 1. The number of alkyl halides is 4. The first-order valence-electron chi connectivity index (χ1n) is 8.15. The summed E-state index contributed by atoms with van der Waals surface area (Å²) in [6, 6.07) is 8.25. The van der Waals surface area contributed by atoms with Crippen LogP contribution >= 0.6 is 15.9 Å². The zero-order chi connectivity index (χ0) is 22.2. The molecule has 158 valence electrons. The number of carbonyl (C=O) groups is 1. The maximum atomic E-state index is 12.9. The van der Waals surface area contributed by atoms with Crippen molar-refractivity contribution in [1.29, 1.82) is 0 Å². The third-order valence-electron chi connectivity index (χ3n) is 3.15. The quantitative estimate of drug-likeness (QED) is 0.203. The van der Waals surface area contributed by atoms with Crippen LogP contribution in [-0.2, 0) is 0 Å². The Balaban J connectivity index is 0.00000204.